The lowest BCUT2D eigenvalue weighted by Gasteiger charge is -2.41. The third kappa shape index (κ3) is 4.93. The zero-order valence-corrected chi connectivity index (χ0v) is 17.9. The number of nitrogens with zero attached hydrogens (tertiary/aromatic N) is 2. The summed E-state index contributed by atoms with van der Waals surface area (Å²) in [6, 6.07) is 6.56. The molecule has 7 heteroatoms. The van der Waals surface area contributed by atoms with Crippen LogP contribution in [0.25, 0.3) is 0 Å². The number of benzene rings is 1. The van der Waals surface area contributed by atoms with E-state index in [1.807, 2.05) is 13.8 Å². The van der Waals surface area contributed by atoms with Gasteiger partial charge in [0.2, 0.25) is 15.9 Å². The summed E-state index contributed by atoms with van der Waals surface area (Å²) >= 11 is 0. The van der Waals surface area contributed by atoms with Crippen molar-refractivity contribution in [2.75, 3.05) is 38.0 Å². The van der Waals surface area contributed by atoms with E-state index >= 15 is 0 Å². The zero-order chi connectivity index (χ0) is 20.1. The first-order valence-corrected chi connectivity index (χ1v) is 12.0. The van der Waals surface area contributed by atoms with E-state index < -0.39 is 10.0 Å². The van der Waals surface area contributed by atoms with Crippen LogP contribution in [-0.4, -0.2) is 56.3 Å². The minimum absolute atomic E-state index is 0.0772. The molecule has 1 N–H and O–H groups in total. The van der Waals surface area contributed by atoms with E-state index in [0.29, 0.717) is 25.3 Å². The van der Waals surface area contributed by atoms with Crippen LogP contribution in [-0.2, 0) is 14.8 Å². The van der Waals surface area contributed by atoms with Gasteiger partial charge in [-0.15, -0.1) is 0 Å². The number of hydrogen-bond donors (Lipinski definition) is 1. The van der Waals surface area contributed by atoms with Gasteiger partial charge in [-0.05, 0) is 49.4 Å². The summed E-state index contributed by atoms with van der Waals surface area (Å²) in [6.07, 6.45) is 6.49. The highest BCUT2D eigenvalue weighted by Gasteiger charge is 2.31. The van der Waals surface area contributed by atoms with E-state index in [-0.39, 0.29) is 10.8 Å². The average molecular weight is 408 g/mol. The fraction of sp³-hybridized carbons (Fsp3) is 0.667. The van der Waals surface area contributed by atoms with Gasteiger partial charge in [0.05, 0.1) is 11.4 Å². The lowest BCUT2D eigenvalue weighted by molar-refractivity contribution is -0.118. The third-order valence-corrected chi connectivity index (χ3v) is 8.25. The Morgan fingerprint density at radius 3 is 2.57 bits per heavy atom. The molecule has 0 spiro atoms. The van der Waals surface area contributed by atoms with Crippen LogP contribution >= 0.6 is 0 Å². The summed E-state index contributed by atoms with van der Waals surface area (Å²) in [4.78, 5) is 15.0. The second kappa shape index (κ2) is 9.37. The van der Waals surface area contributed by atoms with Crippen molar-refractivity contribution >= 4 is 21.6 Å². The Labute approximate surface area is 169 Å². The first-order valence-electron chi connectivity index (χ1n) is 10.6. The number of nitrogens with one attached hydrogen (secondary N) is 1. The van der Waals surface area contributed by atoms with Crippen molar-refractivity contribution in [1.82, 2.24) is 9.21 Å². The Hall–Kier alpha value is -1.44. The molecule has 0 unspecified atom stereocenters. The number of rotatable bonds is 7. The highest BCUT2D eigenvalue weighted by atomic mass is 32.2. The van der Waals surface area contributed by atoms with Crippen LogP contribution in [0.1, 0.15) is 46.0 Å². The lowest BCUT2D eigenvalue weighted by atomic mass is 9.75. The molecule has 1 amide bonds. The lowest BCUT2D eigenvalue weighted by Crippen LogP contribution is -2.44. The molecule has 0 aromatic heterocycles. The number of hydrogen-bond acceptors (Lipinski definition) is 4. The quantitative estimate of drug-likeness (QED) is 0.754. The van der Waals surface area contributed by atoms with Crippen LogP contribution in [0.3, 0.4) is 0 Å². The smallest absolute Gasteiger partial charge is 0.243 e. The van der Waals surface area contributed by atoms with Crippen molar-refractivity contribution in [2.24, 2.45) is 11.8 Å². The van der Waals surface area contributed by atoms with E-state index in [9.17, 15) is 13.2 Å². The second-order valence-corrected chi connectivity index (χ2v) is 9.93. The van der Waals surface area contributed by atoms with Gasteiger partial charge < -0.3 is 5.32 Å². The maximum Gasteiger partial charge on any atom is 0.243 e. The molecule has 3 rings (SSSR count). The van der Waals surface area contributed by atoms with E-state index in [1.165, 1.54) is 36.4 Å². The van der Waals surface area contributed by atoms with E-state index in [1.54, 1.807) is 24.3 Å². The van der Waals surface area contributed by atoms with Gasteiger partial charge in [0, 0.05) is 25.3 Å². The second-order valence-electron chi connectivity index (χ2n) is 7.99. The topological polar surface area (TPSA) is 69.7 Å². The van der Waals surface area contributed by atoms with Crippen molar-refractivity contribution in [3.8, 4) is 0 Å². The van der Waals surface area contributed by atoms with Crippen molar-refractivity contribution in [3.63, 3.8) is 0 Å². The Morgan fingerprint density at radius 2 is 1.86 bits per heavy atom. The summed E-state index contributed by atoms with van der Waals surface area (Å²) in [5, 5.41) is 2.89. The fourth-order valence-corrected chi connectivity index (χ4v) is 6.17. The molecule has 1 aliphatic heterocycles. The Bertz CT molecular complexity index is 777. The molecule has 1 aliphatic carbocycles. The predicted molar refractivity (Wildman–Crippen MR) is 112 cm³/mol. The molecule has 1 aromatic carbocycles. The minimum atomic E-state index is -3.53. The highest BCUT2D eigenvalue weighted by molar-refractivity contribution is 7.89. The predicted octanol–water partition coefficient (Wildman–Crippen LogP) is 3.17. The van der Waals surface area contributed by atoms with Gasteiger partial charge >= 0.3 is 0 Å². The molecule has 2 aliphatic rings. The maximum absolute atomic E-state index is 12.7. The molecule has 28 heavy (non-hydrogen) atoms. The molecule has 6 nitrogen and oxygen atoms in total. The van der Waals surface area contributed by atoms with E-state index in [4.69, 9.17) is 0 Å². The van der Waals surface area contributed by atoms with Gasteiger partial charge in [-0.3, -0.25) is 9.69 Å². The van der Waals surface area contributed by atoms with Crippen LogP contribution in [0.2, 0.25) is 0 Å². The largest absolute Gasteiger partial charge is 0.325 e. The first-order chi connectivity index (χ1) is 13.4. The molecular formula is C21H33N3O3S. The van der Waals surface area contributed by atoms with Gasteiger partial charge in [0.15, 0.2) is 0 Å². The van der Waals surface area contributed by atoms with Crippen molar-refractivity contribution in [1.29, 1.82) is 0 Å². The van der Waals surface area contributed by atoms with Gasteiger partial charge in [-0.2, -0.15) is 4.31 Å². The molecule has 2 fully saturated rings. The molecule has 2 atom stereocenters. The zero-order valence-electron chi connectivity index (χ0n) is 17.1. The van der Waals surface area contributed by atoms with Crippen LogP contribution in [0.15, 0.2) is 29.2 Å². The monoisotopic (exact) mass is 407 g/mol. The van der Waals surface area contributed by atoms with Crippen LogP contribution in [0.5, 0.6) is 0 Å². The third-order valence-electron chi connectivity index (χ3n) is 6.20. The van der Waals surface area contributed by atoms with Crippen molar-refractivity contribution in [2.45, 2.75) is 50.8 Å². The summed E-state index contributed by atoms with van der Waals surface area (Å²) < 4.78 is 26.8. The molecule has 1 saturated heterocycles. The SMILES string of the molecule is CCN(CC)S(=O)(=O)c1cccc(NC(=O)CN2CC[C@H]3CCCC[C@@H]3C2)c1. The number of fused-ring (bicyclic) bond motifs is 1. The van der Waals surface area contributed by atoms with Gasteiger partial charge in [0.25, 0.3) is 0 Å². The number of piperidine rings is 1. The number of amides is 1. The van der Waals surface area contributed by atoms with Gasteiger partial charge in [0.1, 0.15) is 0 Å². The number of carbonyl (C=O) groups is 1. The summed E-state index contributed by atoms with van der Waals surface area (Å²) in [5.41, 5.74) is 0.533. The highest BCUT2D eigenvalue weighted by Crippen LogP contribution is 2.35. The molecule has 1 saturated carbocycles. The van der Waals surface area contributed by atoms with Gasteiger partial charge in [-0.1, -0.05) is 39.2 Å². The molecular weight excluding hydrogens is 374 g/mol. The Balaban J connectivity index is 1.60. The molecule has 0 radical (unpaired) electrons. The summed E-state index contributed by atoms with van der Waals surface area (Å²) in [6.45, 7) is 6.85. The molecule has 156 valence electrons. The van der Waals surface area contributed by atoms with E-state index in [2.05, 4.69) is 10.2 Å². The Kier molecular flexibility index (Phi) is 7.12. The van der Waals surface area contributed by atoms with Crippen molar-refractivity contribution < 1.29 is 13.2 Å². The number of anilines is 1. The average Bonchev–Trinajstić information content (AvgIpc) is 2.68. The summed E-state index contributed by atoms with van der Waals surface area (Å²) in [7, 11) is -3.53. The Morgan fingerprint density at radius 1 is 1.14 bits per heavy atom. The van der Waals surface area contributed by atoms with Crippen LogP contribution in [0, 0.1) is 11.8 Å². The normalized spacial score (nSPS) is 23.4. The van der Waals surface area contributed by atoms with Crippen LogP contribution < -0.4 is 5.32 Å². The number of likely N-dealkylation sites (tertiary alicyclic amines) is 1. The minimum Gasteiger partial charge on any atom is -0.325 e. The first kappa shape index (κ1) is 21.3. The van der Waals surface area contributed by atoms with E-state index in [0.717, 1.165) is 24.9 Å². The van der Waals surface area contributed by atoms with Gasteiger partial charge in [-0.25, -0.2) is 8.42 Å². The summed E-state index contributed by atoms with van der Waals surface area (Å²) in [5.74, 6) is 1.50. The molecule has 1 heterocycles. The number of carbonyl (C=O) groups excluding carboxylic acids is 1. The number of sulfonamides is 1. The molecule has 1 aromatic rings. The molecule has 0 bridgehead atoms. The maximum atomic E-state index is 12.7. The fourth-order valence-electron chi connectivity index (χ4n) is 4.67. The van der Waals surface area contributed by atoms with Crippen molar-refractivity contribution in [3.05, 3.63) is 24.3 Å². The van der Waals surface area contributed by atoms with Crippen LogP contribution in [0.4, 0.5) is 5.69 Å². The standard InChI is InChI=1S/C21H33N3O3S/c1-3-24(4-2)28(26,27)20-11-7-10-19(14-20)22-21(25)16-23-13-12-17-8-5-6-9-18(17)15-23/h7,10-11,14,17-18H,3-6,8-9,12-13,15-16H2,1-2H3,(H,22,25)/t17-,18-/m1/s1.